The fourth-order valence-corrected chi connectivity index (χ4v) is 2.76. The van der Waals surface area contributed by atoms with E-state index in [1.807, 2.05) is 4.90 Å². The summed E-state index contributed by atoms with van der Waals surface area (Å²) in [7, 11) is 0. The highest BCUT2D eigenvalue weighted by Gasteiger charge is 2.24. The van der Waals surface area contributed by atoms with Crippen molar-refractivity contribution in [3.8, 4) is 0 Å². The van der Waals surface area contributed by atoms with Gasteiger partial charge < -0.3 is 10.0 Å². The summed E-state index contributed by atoms with van der Waals surface area (Å²) in [5, 5.41) is 9.83. The van der Waals surface area contributed by atoms with E-state index in [0.717, 1.165) is 13.0 Å². The molecule has 1 aliphatic heterocycles. The van der Waals surface area contributed by atoms with Crippen LogP contribution >= 0.6 is 0 Å². The van der Waals surface area contributed by atoms with E-state index in [-0.39, 0.29) is 11.2 Å². The van der Waals surface area contributed by atoms with Crippen LogP contribution in [0.2, 0.25) is 0 Å². The Kier molecular flexibility index (Phi) is 4.19. The van der Waals surface area contributed by atoms with Gasteiger partial charge in [-0.15, -0.1) is 0 Å². The second-order valence-corrected chi connectivity index (χ2v) is 6.53. The van der Waals surface area contributed by atoms with Crippen molar-refractivity contribution in [1.82, 2.24) is 0 Å². The Labute approximate surface area is 120 Å². The summed E-state index contributed by atoms with van der Waals surface area (Å²) in [6.45, 7) is 9.80. The lowest BCUT2D eigenvalue weighted by molar-refractivity contribution is 0.199. The van der Waals surface area contributed by atoms with Crippen molar-refractivity contribution in [2.24, 2.45) is 5.41 Å². The number of hydrogen-bond donors (Lipinski definition) is 1. The lowest BCUT2D eigenvalue weighted by Gasteiger charge is -2.34. The molecular formula is C17H24FNO. The van der Waals surface area contributed by atoms with E-state index >= 15 is 0 Å². The number of aliphatic hydroxyl groups excluding tert-OH is 1. The number of para-hydroxylation sites is 1. The van der Waals surface area contributed by atoms with Crippen molar-refractivity contribution in [2.75, 3.05) is 18.0 Å². The molecule has 0 amide bonds. The van der Waals surface area contributed by atoms with E-state index < -0.39 is 6.10 Å². The highest BCUT2D eigenvalue weighted by atomic mass is 19.1. The van der Waals surface area contributed by atoms with Crippen LogP contribution in [0.25, 0.3) is 0 Å². The number of anilines is 1. The smallest absolute Gasteiger partial charge is 0.146 e. The molecule has 1 atom stereocenters. The van der Waals surface area contributed by atoms with Gasteiger partial charge in [0.25, 0.3) is 0 Å². The first-order valence-electron chi connectivity index (χ1n) is 7.21. The quantitative estimate of drug-likeness (QED) is 0.824. The zero-order valence-electron chi connectivity index (χ0n) is 12.8. The molecule has 0 aliphatic carbocycles. The second-order valence-electron chi connectivity index (χ2n) is 6.53. The van der Waals surface area contributed by atoms with Gasteiger partial charge in [0.2, 0.25) is 0 Å². The van der Waals surface area contributed by atoms with Crippen LogP contribution in [0.15, 0.2) is 29.8 Å². The fourth-order valence-electron chi connectivity index (χ4n) is 2.76. The number of halogens is 1. The number of benzene rings is 1. The van der Waals surface area contributed by atoms with Crippen LogP contribution in [-0.4, -0.2) is 18.2 Å². The topological polar surface area (TPSA) is 23.5 Å². The molecule has 1 aliphatic rings. The van der Waals surface area contributed by atoms with E-state index in [9.17, 15) is 9.50 Å². The highest BCUT2D eigenvalue weighted by Crippen LogP contribution is 2.35. The minimum Gasteiger partial charge on any atom is -0.389 e. The van der Waals surface area contributed by atoms with Crippen LogP contribution in [0.3, 0.4) is 0 Å². The van der Waals surface area contributed by atoms with Crippen LogP contribution in [0.4, 0.5) is 10.1 Å². The molecule has 1 heterocycles. The van der Waals surface area contributed by atoms with Crippen molar-refractivity contribution in [2.45, 2.75) is 40.2 Å². The van der Waals surface area contributed by atoms with Crippen molar-refractivity contribution in [3.05, 3.63) is 41.2 Å². The average Bonchev–Trinajstić information content (AvgIpc) is 2.37. The van der Waals surface area contributed by atoms with E-state index in [1.165, 1.54) is 11.6 Å². The Bertz CT molecular complexity index is 514. The van der Waals surface area contributed by atoms with Gasteiger partial charge in [-0.3, -0.25) is 0 Å². The summed E-state index contributed by atoms with van der Waals surface area (Å²) in [6.07, 6.45) is 2.48. The van der Waals surface area contributed by atoms with Crippen molar-refractivity contribution < 1.29 is 9.50 Å². The molecule has 0 spiro atoms. The fraction of sp³-hybridized carbons (Fsp3) is 0.529. The predicted molar refractivity (Wildman–Crippen MR) is 81.4 cm³/mol. The number of hydrogen-bond acceptors (Lipinski definition) is 2. The SMILES string of the molecule is C[C@@H](O)c1cccc(F)c1N1CC=C(C(C)(C)C)CC1. The molecule has 0 bridgehead atoms. The summed E-state index contributed by atoms with van der Waals surface area (Å²) < 4.78 is 14.2. The molecular weight excluding hydrogens is 253 g/mol. The van der Waals surface area contributed by atoms with Gasteiger partial charge in [-0.1, -0.05) is 44.6 Å². The Morgan fingerprint density at radius 2 is 2.00 bits per heavy atom. The van der Waals surface area contributed by atoms with E-state index in [0.29, 0.717) is 17.8 Å². The van der Waals surface area contributed by atoms with Crippen molar-refractivity contribution in [3.63, 3.8) is 0 Å². The third-order valence-electron chi connectivity index (χ3n) is 3.96. The van der Waals surface area contributed by atoms with Crippen LogP contribution in [0, 0.1) is 11.2 Å². The van der Waals surface area contributed by atoms with Crippen LogP contribution < -0.4 is 4.90 Å². The largest absolute Gasteiger partial charge is 0.389 e. The van der Waals surface area contributed by atoms with E-state index in [4.69, 9.17) is 0 Å². The molecule has 0 unspecified atom stereocenters. The van der Waals surface area contributed by atoms with Gasteiger partial charge in [0.1, 0.15) is 5.82 Å². The van der Waals surface area contributed by atoms with Gasteiger partial charge in [0, 0.05) is 18.7 Å². The zero-order chi connectivity index (χ0) is 14.9. The first-order chi connectivity index (χ1) is 9.30. The molecule has 2 rings (SSSR count). The lowest BCUT2D eigenvalue weighted by Crippen LogP contribution is -2.32. The molecule has 1 aromatic carbocycles. The number of rotatable bonds is 2. The third-order valence-corrected chi connectivity index (χ3v) is 3.96. The lowest BCUT2D eigenvalue weighted by atomic mass is 9.83. The van der Waals surface area contributed by atoms with Gasteiger partial charge in [0.15, 0.2) is 0 Å². The maximum absolute atomic E-state index is 14.2. The predicted octanol–water partition coefficient (Wildman–Crippen LogP) is 4.06. The monoisotopic (exact) mass is 277 g/mol. The standard InChI is InChI=1S/C17H24FNO/c1-12(20)14-6-5-7-15(18)16(14)19-10-8-13(9-11-19)17(2,3)4/h5-8,12,20H,9-11H2,1-4H3/t12-/m1/s1. The van der Waals surface area contributed by atoms with Crippen LogP contribution in [0.5, 0.6) is 0 Å². The maximum atomic E-state index is 14.2. The van der Waals surface area contributed by atoms with Gasteiger partial charge in [-0.2, -0.15) is 0 Å². The highest BCUT2D eigenvalue weighted by molar-refractivity contribution is 5.57. The number of aliphatic hydroxyl groups is 1. The Morgan fingerprint density at radius 1 is 1.30 bits per heavy atom. The Hall–Kier alpha value is -1.35. The molecule has 20 heavy (non-hydrogen) atoms. The first-order valence-corrected chi connectivity index (χ1v) is 7.21. The van der Waals surface area contributed by atoms with E-state index in [2.05, 4.69) is 26.8 Å². The molecule has 0 saturated heterocycles. The maximum Gasteiger partial charge on any atom is 0.146 e. The minimum absolute atomic E-state index is 0.175. The second kappa shape index (κ2) is 5.57. The molecule has 1 N–H and O–H groups in total. The van der Waals surface area contributed by atoms with Crippen molar-refractivity contribution in [1.29, 1.82) is 0 Å². The van der Waals surface area contributed by atoms with E-state index in [1.54, 1.807) is 19.1 Å². The third kappa shape index (κ3) is 3.04. The van der Waals surface area contributed by atoms with Gasteiger partial charge in [-0.25, -0.2) is 4.39 Å². The average molecular weight is 277 g/mol. The van der Waals surface area contributed by atoms with Gasteiger partial charge in [0.05, 0.1) is 11.8 Å². The first kappa shape index (κ1) is 15.0. The zero-order valence-corrected chi connectivity index (χ0v) is 12.8. The minimum atomic E-state index is -0.659. The molecule has 0 radical (unpaired) electrons. The molecule has 3 heteroatoms. The molecule has 0 saturated carbocycles. The summed E-state index contributed by atoms with van der Waals surface area (Å²) >= 11 is 0. The molecule has 2 nitrogen and oxygen atoms in total. The Morgan fingerprint density at radius 3 is 2.50 bits per heavy atom. The van der Waals surface area contributed by atoms with Crippen LogP contribution in [0.1, 0.15) is 45.8 Å². The van der Waals surface area contributed by atoms with Gasteiger partial charge in [-0.05, 0) is 24.8 Å². The summed E-state index contributed by atoms with van der Waals surface area (Å²) in [4.78, 5) is 2.02. The normalized spacial score (nSPS) is 17.9. The van der Waals surface area contributed by atoms with Crippen molar-refractivity contribution >= 4 is 5.69 Å². The van der Waals surface area contributed by atoms with Crippen LogP contribution in [-0.2, 0) is 0 Å². The molecule has 1 aromatic rings. The molecule has 110 valence electrons. The summed E-state index contributed by atoms with van der Waals surface area (Å²) in [5.41, 5.74) is 2.81. The molecule has 0 aromatic heterocycles. The number of nitrogens with zero attached hydrogens (tertiary/aromatic N) is 1. The van der Waals surface area contributed by atoms with Gasteiger partial charge >= 0.3 is 0 Å². The molecule has 0 fully saturated rings. The Balaban J connectivity index is 2.30. The summed E-state index contributed by atoms with van der Waals surface area (Å²) in [5.74, 6) is -0.254. The summed E-state index contributed by atoms with van der Waals surface area (Å²) in [6, 6.07) is 4.91.